The second-order valence-corrected chi connectivity index (χ2v) is 4.59. The molecule has 6 heteroatoms. The van der Waals surface area contributed by atoms with Crippen molar-refractivity contribution in [1.29, 1.82) is 0 Å². The Bertz CT molecular complexity index is 639. The number of halogens is 2. The molecule has 0 saturated carbocycles. The normalized spacial score (nSPS) is 11.8. The smallest absolute Gasteiger partial charge is 0.323 e. The molecule has 2 rings (SSSR count). The lowest BCUT2D eigenvalue weighted by Gasteiger charge is -2.11. The van der Waals surface area contributed by atoms with Crippen LogP contribution in [0.4, 0.5) is 25.0 Å². The van der Waals surface area contributed by atoms with E-state index in [1.165, 1.54) is 6.07 Å². The molecule has 1 atom stereocenters. The monoisotopic (exact) mass is 291 g/mol. The first-order chi connectivity index (χ1) is 9.97. The molecule has 2 aromatic rings. The third-order valence-electron chi connectivity index (χ3n) is 2.87. The van der Waals surface area contributed by atoms with Crippen molar-refractivity contribution < 1.29 is 13.6 Å². The van der Waals surface area contributed by atoms with Crippen LogP contribution < -0.4 is 16.4 Å². The van der Waals surface area contributed by atoms with Crippen molar-refractivity contribution in [2.24, 2.45) is 5.73 Å². The number of hydrogen-bond donors (Lipinski definition) is 3. The first-order valence-electron chi connectivity index (χ1n) is 6.35. The Morgan fingerprint density at radius 2 is 1.71 bits per heavy atom. The van der Waals surface area contributed by atoms with Gasteiger partial charge in [-0.1, -0.05) is 18.2 Å². The van der Waals surface area contributed by atoms with Crippen LogP contribution >= 0.6 is 0 Å². The molecule has 0 spiro atoms. The number of para-hydroxylation sites is 1. The highest BCUT2D eigenvalue weighted by molar-refractivity contribution is 5.99. The van der Waals surface area contributed by atoms with Crippen molar-refractivity contribution in [1.82, 2.24) is 0 Å². The molecule has 0 aliphatic heterocycles. The molecular formula is C15H15F2N3O. The van der Waals surface area contributed by atoms with E-state index in [1.807, 2.05) is 13.0 Å². The van der Waals surface area contributed by atoms with Gasteiger partial charge in [0.2, 0.25) is 0 Å². The fraction of sp³-hybridized carbons (Fsp3) is 0.133. The highest BCUT2D eigenvalue weighted by Crippen LogP contribution is 2.19. The number of nitrogens with one attached hydrogen (secondary N) is 2. The van der Waals surface area contributed by atoms with E-state index < -0.39 is 23.4 Å². The predicted molar refractivity (Wildman–Crippen MR) is 78.0 cm³/mol. The quantitative estimate of drug-likeness (QED) is 0.808. The molecule has 1 unspecified atom stereocenters. The summed E-state index contributed by atoms with van der Waals surface area (Å²) in [7, 11) is 0. The predicted octanol–water partition coefficient (Wildman–Crippen LogP) is 3.63. The van der Waals surface area contributed by atoms with Gasteiger partial charge in [-0.15, -0.1) is 0 Å². The average Bonchev–Trinajstić information content (AvgIpc) is 2.43. The van der Waals surface area contributed by atoms with Gasteiger partial charge in [0, 0.05) is 11.7 Å². The number of anilines is 2. The molecule has 0 bridgehead atoms. The Kier molecular flexibility index (Phi) is 4.49. The topological polar surface area (TPSA) is 67.1 Å². The Morgan fingerprint density at radius 1 is 1.10 bits per heavy atom. The second kappa shape index (κ2) is 6.32. The molecule has 0 saturated heterocycles. The molecule has 110 valence electrons. The van der Waals surface area contributed by atoms with Crippen LogP contribution in [0.15, 0.2) is 42.5 Å². The molecule has 4 N–H and O–H groups in total. The molecule has 21 heavy (non-hydrogen) atoms. The van der Waals surface area contributed by atoms with Crippen LogP contribution in [0.3, 0.4) is 0 Å². The van der Waals surface area contributed by atoms with E-state index >= 15 is 0 Å². The lowest BCUT2D eigenvalue weighted by Crippen LogP contribution is -2.21. The molecule has 2 aromatic carbocycles. The number of carbonyl (C=O) groups is 1. The number of nitrogens with two attached hydrogens (primary N) is 1. The third kappa shape index (κ3) is 3.76. The summed E-state index contributed by atoms with van der Waals surface area (Å²) in [5.74, 6) is -1.68. The molecule has 2 amide bonds. The van der Waals surface area contributed by atoms with Gasteiger partial charge in [0.25, 0.3) is 0 Å². The van der Waals surface area contributed by atoms with Crippen molar-refractivity contribution >= 4 is 17.4 Å². The number of urea groups is 1. The van der Waals surface area contributed by atoms with Gasteiger partial charge in [-0.3, -0.25) is 0 Å². The van der Waals surface area contributed by atoms with Crippen molar-refractivity contribution in [2.45, 2.75) is 13.0 Å². The van der Waals surface area contributed by atoms with Crippen LogP contribution in [0, 0.1) is 11.6 Å². The van der Waals surface area contributed by atoms with Gasteiger partial charge < -0.3 is 16.4 Å². The van der Waals surface area contributed by atoms with E-state index in [-0.39, 0.29) is 6.04 Å². The molecule has 0 fully saturated rings. The lowest BCUT2D eigenvalue weighted by atomic mass is 10.1. The third-order valence-corrected chi connectivity index (χ3v) is 2.87. The zero-order chi connectivity index (χ0) is 15.4. The van der Waals surface area contributed by atoms with Crippen molar-refractivity contribution in [3.63, 3.8) is 0 Å². The standard InChI is InChI=1S/C15H15F2N3O/c1-9(18)10-4-2-5-11(8-10)19-15(21)20-14-12(16)6-3-7-13(14)17/h2-9H,18H2,1H3,(H2,19,20,21). The molecule has 0 heterocycles. The molecule has 4 nitrogen and oxygen atoms in total. The maximum atomic E-state index is 13.4. The summed E-state index contributed by atoms with van der Waals surface area (Å²) < 4.78 is 26.8. The van der Waals surface area contributed by atoms with E-state index in [4.69, 9.17) is 5.73 Å². The minimum absolute atomic E-state index is 0.182. The average molecular weight is 291 g/mol. The fourth-order valence-corrected chi connectivity index (χ4v) is 1.79. The summed E-state index contributed by atoms with van der Waals surface area (Å²) in [6.45, 7) is 1.81. The SMILES string of the molecule is CC(N)c1cccc(NC(=O)Nc2c(F)cccc2F)c1. The highest BCUT2D eigenvalue weighted by Gasteiger charge is 2.12. The number of carbonyl (C=O) groups excluding carboxylic acids is 1. The first kappa shape index (κ1) is 14.9. The minimum atomic E-state index is -0.838. The Hall–Kier alpha value is -2.47. The summed E-state index contributed by atoms with van der Waals surface area (Å²) >= 11 is 0. The van der Waals surface area contributed by atoms with Crippen LogP contribution in [0.5, 0.6) is 0 Å². The number of rotatable bonds is 3. The van der Waals surface area contributed by atoms with Gasteiger partial charge in [-0.05, 0) is 36.8 Å². The van der Waals surface area contributed by atoms with Crippen molar-refractivity contribution in [3.05, 3.63) is 59.7 Å². The van der Waals surface area contributed by atoms with Gasteiger partial charge in [0.15, 0.2) is 0 Å². The van der Waals surface area contributed by atoms with Gasteiger partial charge >= 0.3 is 6.03 Å². The maximum Gasteiger partial charge on any atom is 0.323 e. The molecule has 0 aromatic heterocycles. The van der Waals surface area contributed by atoms with Crippen LogP contribution in [0.1, 0.15) is 18.5 Å². The van der Waals surface area contributed by atoms with E-state index in [1.54, 1.807) is 18.2 Å². The zero-order valence-corrected chi connectivity index (χ0v) is 11.4. The summed E-state index contributed by atoms with van der Waals surface area (Å²) in [5.41, 5.74) is 6.58. The maximum absolute atomic E-state index is 13.4. The Labute approximate surface area is 121 Å². The van der Waals surface area contributed by atoms with Gasteiger partial charge in [0.05, 0.1) is 0 Å². The second-order valence-electron chi connectivity index (χ2n) is 4.59. The Morgan fingerprint density at radius 3 is 2.33 bits per heavy atom. The van der Waals surface area contributed by atoms with E-state index in [9.17, 15) is 13.6 Å². The highest BCUT2D eigenvalue weighted by atomic mass is 19.1. The summed E-state index contributed by atoms with van der Waals surface area (Å²) in [6.07, 6.45) is 0. The summed E-state index contributed by atoms with van der Waals surface area (Å²) in [6, 6.07) is 9.35. The largest absolute Gasteiger partial charge is 0.324 e. The number of benzene rings is 2. The van der Waals surface area contributed by atoms with Crippen molar-refractivity contribution in [3.8, 4) is 0 Å². The van der Waals surface area contributed by atoms with Crippen LogP contribution in [-0.2, 0) is 0 Å². The molecule has 0 aliphatic carbocycles. The summed E-state index contributed by atoms with van der Waals surface area (Å²) in [5, 5.41) is 4.65. The van der Waals surface area contributed by atoms with Gasteiger partial charge in [0.1, 0.15) is 17.3 Å². The Balaban J connectivity index is 2.10. The lowest BCUT2D eigenvalue weighted by molar-refractivity contribution is 0.262. The molecule has 0 radical (unpaired) electrons. The van der Waals surface area contributed by atoms with Crippen LogP contribution in [-0.4, -0.2) is 6.03 Å². The van der Waals surface area contributed by atoms with E-state index in [0.717, 1.165) is 17.7 Å². The number of amides is 2. The molecule has 0 aliphatic rings. The fourth-order valence-electron chi connectivity index (χ4n) is 1.79. The van der Waals surface area contributed by atoms with Crippen molar-refractivity contribution in [2.75, 3.05) is 10.6 Å². The molecular weight excluding hydrogens is 276 g/mol. The van der Waals surface area contributed by atoms with E-state index in [0.29, 0.717) is 5.69 Å². The minimum Gasteiger partial charge on any atom is -0.324 e. The van der Waals surface area contributed by atoms with Crippen LogP contribution in [0.2, 0.25) is 0 Å². The number of hydrogen-bond acceptors (Lipinski definition) is 2. The van der Waals surface area contributed by atoms with Gasteiger partial charge in [-0.25, -0.2) is 13.6 Å². The van der Waals surface area contributed by atoms with Crippen LogP contribution in [0.25, 0.3) is 0 Å². The first-order valence-corrected chi connectivity index (χ1v) is 6.35. The van der Waals surface area contributed by atoms with E-state index in [2.05, 4.69) is 10.6 Å². The zero-order valence-electron chi connectivity index (χ0n) is 11.4. The summed E-state index contributed by atoms with van der Waals surface area (Å²) in [4.78, 5) is 11.8. The van der Waals surface area contributed by atoms with Gasteiger partial charge in [-0.2, -0.15) is 0 Å².